The molecule has 0 saturated carbocycles. The highest BCUT2D eigenvalue weighted by molar-refractivity contribution is 5.97. The van der Waals surface area contributed by atoms with Gasteiger partial charge >= 0.3 is 0 Å². The Hall–Kier alpha value is -1.05. The van der Waals surface area contributed by atoms with Crippen LogP contribution in [0.4, 0.5) is 0 Å². The van der Waals surface area contributed by atoms with Crippen LogP contribution >= 0.6 is 0 Å². The Bertz CT molecular complexity index is 296. The van der Waals surface area contributed by atoms with E-state index in [1.807, 2.05) is 0 Å². The Morgan fingerprint density at radius 1 is 1.64 bits per heavy atom. The van der Waals surface area contributed by atoms with E-state index in [2.05, 4.69) is 41.7 Å². The van der Waals surface area contributed by atoms with Crippen LogP contribution in [0.15, 0.2) is 23.3 Å². The maximum atomic E-state index is 4.42. The molecule has 2 nitrogen and oxygen atoms in total. The molecule has 2 heteroatoms. The number of fused-ring (bicyclic) bond motifs is 1. The molecule has 58 valence electrons. The van der Waals surface area contributed by atoms with Crippen molar-refractivity contribution in [1.82, 2.24) is 4.57 Å². The lowest BCUT2D eigenvalue weighted by Crippen LogP contribution is -2.19. The van der Waals surface area contributed by atoms with Crippen LogP contribution in [0.3, 0.4) is 0 Å². The highest BCUT2D eigenvalue weighted by atomic mass is 15.1. The Morgan fingerprint density at radius 2 is 2.45 bits per heavy atom. The average molecular weight is 148 g/mol. The van der Waals surface area contributed by atoms with Gasteiger partial charge < -0.3 is 4.57 Å². The number of aromatic nitrogens is 1. The van der Waals surface area contributed by atoms with Crippen molar-refractivity contribution in [2.24, 2.45) is 4.99 Å². The summed E-state index contributed by atoms with van der Waals surface area (Å²) in [7, 11) is 0. The lowest BCUT2D eigenvalue weighted by Gasteiger charge is -2.20. The van der Waals surface area contributed by atoms with Gasteiger partial charge in [0.15, 0.2) is 0 Å². The zero-order chi connectivity index (χ0) is 7.84. The van der Waals surface area contributed by atoms with Crippen LogP contribution in [0, 0.1) is 0 Å². The minimum absolute atomic E-state index is 0.531. The van der Waals surface area contributed by atoms with Gasteiger partial charge in [-0.1, -0.05) is 0 Å². The quantitative estimate of drug-likeness (QED) is 0.534. The van der Waals surface area contributed by atoms with Crippen LogP contribution in [0.25, 0.3) is 0 Å². The molecule has 11 heavy (non-hydrogen) atoms. The molecule has 1 atom stereocenters. The van der Waals surface area contributed by atoms with Crippen molar-refractivity contribution in [2.45, 2.75) is 19.9 Å². The van der Waals surface area contributed by atoms with Crippen molar-refractivity contribution < 1.29 is 0 Å². The Kier molecular flexibility index (Phi) is 1.34. The first-order chi connectivity index (χ1) is 5.29. The molecule has 0 amide bonds. The lowest BCUT2D eigenvalue weighted by atomic mass is 10.2. The molecule has 0 N–H and O–H groups in total. The van der Waals surface area contributed by atoms with E-state index in [1.54, 1.807) is 0 Å². The fourth-order valence-corrected chi connectivity index (χ4v) is 1.52. The first-order valence-corrected chi connectivity index (χ1v) is 3.97. The first-order valence-electron chi connectivity index (χ1n) is 3.97. The number of hydrogen-bond acceptors (Lipinski definition) is 1. The third-order valence-electron chi connectivity index (χ3n) is 2.22. The van der Waals surface area contributed by atoms with Crippen LogP contribution < -0.4 is 0 Å². The molecule has 0 radical (unpaired) electrons. The van der Waals surface area contributed by atoms with E-state index in [-0.39, 0.29) is 0 Å². The summed E-state index contributed by atoms with van der Waals surface area (Å²) in [4.78, 5) is 4.42. The van der Waals surface area contributed by atoms with Gasteiger partial charge in [0.05, 0.1) is 24.0 Å². The van der Waals surface area contributed by atoms with Gasteiger partial charge in [0.2, 0.25) is 0 Å². The normalized spacial score (nSPS) is 22.7. The summed E-state index contributed by atoms with van der Waals surface area (Å²) in [5.74, 6) is 0. The molecule has 2 rings (SSSR count). The summed E-state index contributed by atoms with van der Waals surface area (Å²) >= 11 is 0. The van der Waals surface area contributed by atoms with Gasteiger partial charge in [0, 0.05) is 6.20 Å². The summed E-state index contributed by atoms with van der Waals surface area (Å²) in [6.45, 7) is 5.19. The molecule has 0 saturated heterocycles. The van der Waals surface area contributed by atoms with E-state index >= 15 is 0 Å². The lowest BCUT2D eigenvalue weighted by molar-refractivity contribution is 0.545. The van der Waals surface area contributed by atoms with Crippen molar-refractivity contribution in [2.75, 3.05) is 6.54 Å². The molecule has 0 bridgehead atoms. The van der Waals surface area contributed by atoms with Gasteiger partial charge in [0.1, 0.15) is 0 Å². The van der Waals surface area contributed by atoms with Gasteiger partial charge in [-0.05, 0) is 26.0 Å². The van der Waals surface area contributed by atoms with Crippen LogP contribution in [-0.2, 0) is 0 Å². The summed E-state index contributed by atoms with van der Waals surface area (Å²) < 4.78 is 2.28. The standard InChI is InChI=1S/C9H12N2/c1-7-6-10-8(2)9-4-3-5-11(7)9/h3-5,7H,6H2,1-2H3. The van der Waals surface area contributed by atoms with Gasteiger partial charge in [-0.2, -0.15) is 0 Å². The van der Waals surface area contributed by atoms with E-state index in [0.717, 1.165) is 12.3 Å². The molecule has 1 aliphatic heterocycles. The number of rotatable bonds is 0. The fourth-order valence-electron chi connectivity index (χ4n) is 1.52. The fraction of sp³-hybridized carbons (Fsp3) is 0.444. The molecular weight excluding hydrogens is 136 g/mol. The molecule has 0 aromatic carbocycles. The smallest absolute Gasteiger partial charge is 0.0621 e. The molecule has 0 fully saturated rings. The highest BCUT2D eigenvalue weighted by Gasteiger charge is 2.14. The molecule has 1 aromatic rings. The van der Waals surface area contributed by atoms with Crippen molar-refractivity contribution in [3.05, 3.63) is 24.0 Å². The zero-order valence-corrected chi connectivity index (χ0v) is 6.91. The molecule has 1 aliphatic rings. The maximum absolute atomic E-state index is 4.42. The third-order valence-corrected chi connectivity index (χ3v) is 2.22. The van der Waals surface area contributed by atoms with E-state index in [4.69, 9.17) is 0 Å². The second-order valence-corrected chi connectivity index (χ2v) is 3.08. The second kappa shape index (κ2) is 2.22. The molecule has 0 aliphatic carbocycles. The minimum Gasteiger partial charge on any atom is -0.342 e. The van der Waals surface area contributed by atoms with Gasteiger partial charge in [-0.15, -0.1) is 0 Å². The Labute approximate surface area is 66.6 Å². The van der Waals surface area contributed by atoms with E-state index in [9.17, 15) is 0 Å². The van der Waals surface area contributed by atoms with Crippen molar-refractivity contribution in [1.29, 1.82) is 0 Å². The minimum atomic E-state index is 0.531. The highest BCUT2D eigenvalue weighted by Crippen LogP contribution is 2.17. The van der Waals surface area contributed by atoms with E-state index < -0.39 is 0 Å². The van der Waals surface area contributed by atoms with E-state index in [1.165, 1.54) is 5.69 Å². The average Bonchev–Trinajstić information content (AvgIpc) is 2.45. The van der Waals surface area contributed by atoms with Crippen molar-refractivity contribution in [3.63, 3.8) is 0 Å². The van der Waals surface area contributed by atoms with Gasteiger partial charge in [-0.25, -0.2) is 0 Å². The topological polar surface area (TPSA) is 17.3 Å². The first kappa shape index (κ1) is 6.65. The number of hydrogen-bond donors (Lipinski definition) is 0. The summed E-state index contributed by atoms with van der Waals surface area (Å²) in [6.07, 6.45) is 2.12. The van der Waals surface area contributed by atoms with Crippen molar-refractivity contribution in [3.8, 4) is 0 Å². The number of nitrogens with zero attached hydrogens (tertiary/aromatic N) is 2. The van der Waals surface area contributed by atoms with Crippen molar-refractivity contribution >= 4 is 5.71 Å². The molecule has 1 aromatic heterocycles. The van der Waals surface area contributed by atoms with Crippen LogP contribution in [0.1, 0.15) is 25.6 Å². The second-order valence-electron chi connectivity index (χ2n) is 3.08. The molecule has 0 spiro atoms. The van der Waals surface area contributed by atoms with Crippen LogP contribution in [0.5, 0.6) is 0 Å². The maximum Gasteiger partial charge on any atom is 0.0621 e. The Morgan fingerprint density at radius 3 is 3.18 bits per heavy atom. The summed E-state index contributed by atoms with van der Waals surface area (Å²) in [5.41, 5.74) is 2.43. The predicted octanol–water partition coefficient (Wildman–Crippen LogP) is 1.87. The number of aliphatic imine (C=N–C) groups is 1. The largest absolute Gasteiger partial charge is 0.342 e. The van der Waals surface area contributed by atoms with Gasteiger partial charge in [0.25, 0.3) is 0 Å². The van der Waals surface area contributed by atoms with Crippen LogP contribution in [0.2, 0.25) is 0 Å². The Balaban J connectivity index is 2.55. The molecular formula is C9H12N2. The monoisotopic (exact) mass is 148 g/mol. The SMILES string of the molecule is CC1=NCC(C)n2cccc21. The predicted molar refractivity (Wildman–Crippen MR) is 46.2 cm³/mol. The zero-order valence-electron chi connectivity index (χ0n) is 6.91. The van der Waals surface area contributed by atoms with Gasteiger partial charge in [-0.3, -0.25) is 4.99 Å². The third kappa shape index (κ3) is 0.897. The van der Waals surface area contributed by atoms with E-state index in [0.29, 0.717) is 6.04 Å². The molecule has 1 unspecified atom stereocenters. The summed E-state index contributed by atoms with van der Waals surface area (Å²) in [5, 5.41) is 0. The molecule has 2 heterocycles. The summed E-state index contributed by atoms with van der Waals surface area (Å²) in [6, 6.07) is 4.73. The van der Waals surface area contributed by atoms with Crippen LogP contribution in [-0.4, -0.2) is 16.8 Å².